The summed E-state index contributed by atoms with van der Waals surface area (Å²) < 4.78 is 7.84. The van der Waals surface area contributed by atoms with Gasteiger partial charge in [-0.25, -0.2) is 9.36 Å². The van der Waals surface area contributed by atoms with E-state index in [1.54, 1.807) is 35.0 Å². The van der Waals surface area contributed by atoms with Crippen LogP contribution in [0.5, 0.6) is 0 Å². The molecule has 0 aliphatic carbocycles. The van der Waals surface area contributed by atoms with Crippen LogP contribution in [-0.4, -0.2) is 43.3 Å². The van der Waals surface area contributed by atoms with Crippen LogP contribution in [0.4, 0.5) is 5.82 Å². The number of hydrogen-bond donors (Lipinski definition) is 1. The number of nitrogens with one attached hydrogen (secondary N) is 1. The van der Waals surface area contributed by atoms with Crippen LogP contribution >= 0.6 is 0 Å². The fourth-order valence-electron chi connectivity index (χ4n) is 3.75. The van der Waals surface area contributed by atoms with Crippen molar-refractivity contribution in [1.82, 2.24) is 24.8 Å². The lowest BCUT2D eigenvalue weighted by Crippen LogP contribution is -2.27. The minimum atomic E-state index is -0.640. The number of fused-ring (bicyclic) bond motifs is 1. The van der Waals surface area contributed by atoms with E-state index >= 15 is 0 Å². The van der Waals surface area contributed by atoms with E-state index in [2.05, 4.69) is 20.7 Å². The Labute approximate surface area is 211 Å². The van der Waals surface area contributed by atoms with E-state index in [9.17, 15) is 14.4 Å². The summed E-state index contributed by atoms with van der Waals surface area (Å²) in [6, 6.07) is 27.5. The van der Waals surface area contributed by atoms with Crippen LogP contribution in [0.2, 0.25) is 0 Å². The Bertz CT molecular complexity index is 1610. The number of nitrogens with zero attached hydrogens (tertiary/aromatic N) is 5. The van der Waals surface area contributed by atoms with Gasteiger partial charge in [-0.05, 0) is 24.3 Å². The molecule has 0 atom stereocenters. The lowest BCUT2D eigenvalue weighted by molar-refractivity contribution is -0.147. The van der Waals surface area contributed by atoms with Gasteiger partial charge < -0.3 is 10.1 Å². The molecule has 10 heteroatoms. The van der Waals surface area contributed by atoms with E-state index in [-0.39, 0.29) is 18.5 Å². The van der Waals surface area contributed by atoms with E-state index in [1.807, 2.05) is 60.7 Å². The highest BCUT2D eigenvalue weighted by Crippen LogP contribution is 2.24. The van der Waals surface area contributed by atoms with Crippen molar-refractivity contribution in [3.05, 3.63) is 101 Å². The molecule has 3 aromatic carbocycles. The fourth-order valence-corrected chi connectivity index (χ4v) is 3.75. The smallest absolute Gasteiger partial charge is 0.308 e. The summed E-state index contributed by atoms with van der Waals surface area (Å²) in [4.78, 5) is 37.4. The first-order valence-electron chi connectivity index (χ1n) is 11.6. The van der Waals surface area contributed by atoms with Crippen molar-refractivity contribution in [2.24, 2.45) is 0 Å². The van der Waals surface area contributed by atoms with Gasteiger partial charge in [0.15, 0.2) is 6.61 Å². The zero-order valence-corrected chi connectivity index (χ0v) is 19.7. The van der Waals surface area contributed by atoms with Crippen molar-refractivity contribution in [2.45, 2.75) is 13.0 Å². The Morgan fingerprint density at radius 3 is 2.38 bits per heavy atom. The quantitative estimate of drug-likeness (QED) is 0.329. The van der Waals surface area contributed by atoms with Gasteiger partial charge >= 0.3 is 5.97 Å². The Balaban J connectivity index is 1.22. The second-order valence-corrected chi connectivity index (χ2v) is 8.12. The second-order valence-electron chi connectivity index (χ2n) is 8.12. The molecule has 0 spiro atoms. The summed E-state index contributed by atoms with van der Waals surface area (Å²) in [6.45, 7) is -0.504. The average Bonchev–Trinajstić information content (AvgIpc) is 3.36. The van der Waals surface area contributed by atoms with Crippen molar-refractivity contribution < 1.29 is 14.3 Å². The van der Waals surface area contributed by atoms with Gasteiger partial charge in [0, 0.05) is 11.6 Å². The van der Waals surface area contributed by atoms with E-state index in [0.29, 0.717) is 22.4 Å². The summed E-state index contributed by atoms with van der Waals surface area (Å²) in [7, 11) is 0. The highest BCUT2D eigenvalue weighted by molar-refractivity contribution is 5.93. The molecule has 1 N–H and O–H groups in total. The molecule has 0 unspecified atom stereocenters. The van der Waals surface area contributed by atoms with Gasteiger partial charge in [-0.15, -0.1) is 5.10 Å². The van der Waals surface area contributed by atoms with Crippen LogP contribution < -0.4 is 10.9 Å². The number of aryl methyl sites for hydroxylation is 1. The van der Waals surface area contributed by atoms with E-state index in [1.165, 1.54) is 0 Å². The lowest BCUT2D eigenvalue weighted by atomic mass is 10.2. The van der Waals surface area contributed by atoms with Gasteiger partial charge in [-0.3, -0.25) is 14.4 Å². The van der Waals surface area contributed by atoms with Crippen LogP contribution in [0.1, 0.15) is 6.42 Å². The van der Waals surface area contributed by atoms with Crippen molar-refractivity contribution >= 4 is 28.6 Å². The van der Waals surface area contributed by atoms with Crippen LogP contribution in [0.25, 0.3) is 27.8 Å². The van der Waals surface area contributed by atoms with Crippen LogP contribution in [0, 0.1) is 0 Å². The Morgan fingerprint density at radius 2 is 1.59 bits per heavy atom. The number of para-hydroxylation sites is 1. The van der Waals surface area contributed by atoms with Gasteiger partial charge in [0.2, 0.25) is 0 Å². The number of ether oxygens (including phenoxy) is 1. The molecule has 0 bridgehead atoms. The Morgan fingerprint density at radius 1 is 0.892 bits per heavy atom. The maximum atomic E-state index is 12.6. The monoisotopic (exact) mass is 494 g/mol. The Kier molecular flexibility index (Phi) is 6.80. The fraction of sp³-hybridized carbons (Fsp3) is 0.111. The number of hydrogen-bond acceptors (Lipinski definition) is 7. The molecule has 0 aliphatic rings. The number of carbonyl (C=O) groups is 2. The van der Waals surface area contributed by atoms with E-state index in [0.717, 1.165) is 15.9 Å². The van der Waals surface area contributed by atoms with Gasteiger partial charge in [-0.2, -0.15) is 5.10 Å². The maximum Gasteiger partial charge on any atom is 0.308 e. The first kappa shape index (κ1) is 23.6. The molecule has 2 heterocycles. The standard InChI is InChI=1S/C27H22N6O4/c34-25(18-37-26(35)15-16-32-27(36)21-13-7-8-14-22(21)29-31-32)28-24-17-23(19-9-3-1-4-10-19)30-33(24)20-11-5-2-6-12-20/h1-14,17H,15-16,18H2,(H,28,34). The number of aromatic nitrogens is 5. The molecule has 1 amide bonds. The minimum Gasteiger partial charge on any atom is -0.456 e. The summed E-state index contributed by atoms with van der Waals surface area (Å²) >= 11 is 0. The van der Waals surface area contributed by atoms with Crippen LogP contribution in [0.3, 0.4) is 0 Å². The van der Waals surface area contributed by atoms with E-state index in [4.69, 9.17) is 4.74 Å². The molecule has 37 heavy (non-hydrogen) atoms. The first-order valence-corrected chi connectivity index (χ1v) is 11.6. The molecular weight excluding hydrogens is 472 g/mol. The van der Waals surface area contributed by atoms with Crippen LogP contribution in [0.15, 0.2) is 95.8 Å². The molecule has 0 saturated heterocycles. The number of benzene rings is 3. The zero-order valence-electron chi connectivity index (χ0n) is 19.7. The normalized spacial score (nSPS) is 10.8. The predicted molar refractivity (Wildman–Crippen MR) is 137 cm³/mol. The van der Waals surface area contributed by atoms with Crippen LogP contribution in [-0.2, 0) is 20.9 Å². The van der Waals surface area contributed by atoms with Gasteiger partial charge in [0.1, 0.15) is 11.3 Å². The summed E-state index contributed by atoms with van der Waals surface area (Å²) in [5, 5.41) is 15.7. The second kappa shape index (κ2) is 10.6. The Hall–Kier alpha value is -5.12. The number of esters is 1. The molecule has 0 fully saturated rings. The molecule has 5 rings (SSSR count). The molecule has 2 aromatic heterocycles. The molecule has 0 saturated carbocycles. The summed E-state index contributed by atoms with van der Waals surface area (Å²) in [6.07, 6.45) is -0.139. The zero-order chi connectivity index (χ0) is 25.6. The van der Waals surface area contributed by atoms with Gasteiger partial charge in [0.05, 0.1) is 29.7 Å². The molecule has 0 radical (unpaired) electrons. The predicted octanol–water partition coefficient (Wildman–Crippen LogP) is 3.22. The van der Waals surface area contributed by atoms with Gasteiger partial charge in [-0.1, -0.05) is 65.9 Å². The number of anilines is 1. The lowest BCUT2D eigenvalue weighted by Gasteiger charge is -2.09. The van der Waals surface area contributed by atoms with Crippen molar-refractivity contribution in [3.63, 3.8) is 0 Å². The highest BCUT2D eigenvalue weighted by Gasteiger charge is 2.15. The molecule has 10 nitrogen and oxygen atoms in total. The largest absolute Gasteiger partial charge is 0.456 e. The van der Waals surface area contributed by atoms with Crippen molar-refractivity contribution in [1.29, 1.82) is 0 Å². The van der Waals surface area contributed by atoms with E-state index < -0.39 is 18.5 Å². The van der Waals surface area contributed by atoms with Gasteiger partial charge in [0.25, 0.3) is 11.5 Å². The SMILES string of the molecule is O=C(COC(=O)CCn1nnc2ccccc2c1=O)Nc1cc(-c2ccccc2)nn1-c1ccccc1. The third-order valence-corrected chi connectivity index (χ3v) is 5.57. The summed E-state index contributed by atoms with van der Waals surface area (Å²) in [5.41, 5.74) is 2.47. The third-order valence-electron chi connectivity index (χ3n) is 5.57. The third kappa shape index (κ3) is 5.43. The highest BCUT2D eigenvalue weighted by atomic mass is 16.5. The summed E-state index contributed by atoms with van der Waals surface area (Å²) in [5.74, 6) is -0.727. The molecule has 0 aliphatic heterocycles. The number of carbonyl (C=O) groups excluding carboxylic acids is 2. The number of amides is 1. The van der Waals surface area contributed by atoms with Crippen molar-refractivity contribution in [2.75, 3.05) is 11.9 Å². The topological polar surface area (TPSA) is 121 Å². The molecule has 5 aromatic rings. The number of rotatable bonds is 8. The molecule has 184 valence electrons. The average molecular weight is 495 g/mol. The minimum absolute atomic E-state index is 0.0155. The van der Waals surface area contributed by atoms with Crippen molar-refractivity contribution in [3.8, 4) is 16.9 Å². The first-order chi connectivity index (χ1) is 18.1. The maximum absolute atomic E-state index is 12.6. The molecular formula is C27H22N6O4.